The second kappa shape index (κ2) is 7.55. The zero-order chi connectivity index (χ0) is 14.4. The number of hydrogen-bond donors (Lipinski definition) is 1. The molecule has 1 aromatic heterocycles. The molecule has 1 atom stereocenters. The van der Waals surface area contributed by atoms with Gasteiger partial charge in [0.2, 0.25) is 0 Å². The lowest BCUT2D eigenvalue weighted by Gasteiger charge is -2.14. The molecule has 20 heavy (non-hydrogen) atoms. The molecule has 0 fully saturated rings. The number of nitrogens with zero attached hydrogens (tertiary/aromatic N) is 1. The topological polar surface area (TPSA) is 17.0 Å². The van der Waals surface area contributed by atoms with E-state index in [1.165, 1.54) is 22.4 Å². The van der Waals surface area contributed by atoms with Crippen LogP contribution in [0.25, 0.3) is 0 Å². The Morgan fingerprint density at radius 1 is 1.20 bits per heavy atom. The predicted molar refractivity (Wildman–Crippen MR) is 88.2 cm³/mol. The van der Waals surface area contributed by atoms with Crippen LogP contribution in [0.2, 0.25) is 0 Å². The van der Waals surface area contributed by atoms with Crippen LogP contribution in [0.3, 0.4) is 0 Å². The van der Waals surface area contributed by atoms with E-state index in [-0.39, 0.29) is 0 Å². The minimum atomic E-state index is 0.375. The van der Waals surface area contributed by atoms with E-state index in [0.29, 0.717) is 6.04 Å². The summed E-state index contributed by atoms with van der Waals surface area (Å²) in [6, 6.07) is 11.4. The number of thioether (sulfide) groups is 1. The first-order chi connectivity index (χ1) is 9.72. The number of rotatable bonds is 7. The third-order valence-corrected chi connectivity index (χ3v) is 4.27. The summed E-state index contributed by atoms with van der Waals surface area (Å²) in [5, 5.41) is 3.59. The van der Waals surface area contributed by atoms with Gasteiger partial charge in [0.15, 0.2) is 0 Å². The Bertz CT molecular complexity index is 516. The Balaban J connectivity index is 1.88. The van der Waals surface area contributed by atoms with Gasteiger partial charge >= 0.3 is 0 Å². The fourth-order valence-corrected chi connectivity index (χ4v) is 2.68. The molecule has 1 aromatic carbocycles. The molecular weight excluding hydrogens is 264 g/mol. The maximum Gasteiger partial charge on any atom is 0.0294 e. The van der Waals surface area contributed by atoms with Gasteiger partial charge in [-0.05, 0) is 48.9 Å². The molecule has 1 unspecified atom stereocenters. The summed E-state index contributed by atoms with van der Waals surface area (Å²) < 4.78 is 2.26. The first-order valence-corrected chi connectivity index (χ1v) is 8.47. The Labute approximate surface area is 126 Å². The van der Waals surface area contributed by atoms with Crippen molar-refractivity contribution in [3.8, 4) is 0 Å². The smallest absolute Gasteiger partial charge is 0.0294 e. The van der Waals surface area contributed by atoms with E-state index in [2.05, 4.69) is 72.7 Å². The van der Waals surface area contributed by atoms with Gasteiger partial charge in [-0.3, -0.25) is 0 Å². The predicted octanol–water partition coefficient (Wildman–Crippen LogP) is 4.47. The van der Waals surface area contributed by atoms with Crippen molar-refractivity contribution in [1.82, 2.24) is 9.88 Å². The fraction of sp³-hybridized carbons (Fsp3) is 0.412. The Kier molecular flexibility index (Phi) is 5.74. The summed E-state index contributed by atoms with van der Waals surface area (Å²) >= 11 is 1.78. The van der Waals surface area contributed by atoms with Gasteiger partial charge < -0.3 is 9.88 Å². The minimum Gasteiger partial charge on any atom is -0.354 e. The molecule has 0 amide bonds. The lowest BCUT2D eigenvalue weighted by molar-refractivity contribution is 0.573. The molecule has 108 valence electrons. The van der Waals surface area contributed by atoms with Gasteiger partial charge in [0, 0.05) is 36.4 Å². The Morgan fingerprint density at radius 3 is 2.60 bits per heavy atom. The van der Waals surface area contributed by atoms with Crippen LogP contribution in [-0.4, -0.2) is 10.8 Å². The molecule has 0 spiro atoms. The molecule has 1 heterocycles. The van der Waals surface area contributed by atoms with Crippen LogP contribution < -0.4 is 5.32 Å². The highest BCUT2D eigenvalue weighted by Crippen LogP contribution is 2.19. The largest absolute Gasteiger partial charge is 0.354 e. The number of nitrogens with one attached hydrogen (secondary N) is 1. The van der Waals surface area contributed by atoms with E-state index in [0.717, 1.165) is 13.1 Å². The van der Waals surface area contributed by atoms with E-state index >= 15 is 0 Å². The summed E-state index contributed by atoms with van der Waals surface area (Å²) in [7, 11) is 0. The molecule has 0 saturated carbocycles. The maximum absolute atomic E-state index is 3.59. The first kappa shape index (κ1) is 15.2. The van der Waals surface area contributed by atoms with Gasteiger partial charge in [-0.15, -0.1) is 11.8 Å². The zero-order valence-electron chi connectivity index (χ0n) is 12.6. The van der Waals surface area contributed by atoms with E-state index in [4.69, 9.17) is 0 Å². The molecule has 0 saturated heterocycles. The van der Waals surface area contributed by atoms with Gasteiger partial charge in [0.25, 0.3) is 0 Å². The Morgan fingerprint density at radius 2 is 1.95 bits per heavy atom. The number of hydrogen-bond acceptors (Lipinski definition) is 2. The van der Waals surface area contributed by atoms with Crippen molar-refractivity contribution in [3.63, 3.8) is 0 Å². The van der Waals surface area contributed by atoms with Gasteiger partial charge in [-0.1, -0.05) is 19.1 Å². The third-order valence-electron chi connectivity index (χ3n) is 3.52. The van der Waals surface area contributed by atoms with Crippen molar-refractivity contribution in [1.29, 1.82) is 0 Å². The molecule has 2 nitrogen and oxygen atoms in total. The fourth-order valence-electron chi connectivity index (χ4n) is 2.27. The SMILES string of the molecule is CCCn1ccc(CNC(C)c2ccc(SC)cc2)c1. The van der Waals surface area contributed by atoms with Crippen LogP contribution in [0.5, 0.6) is 0 Å². The minimum absolute atomic E-state index is 0.375. The second-order valence-corrected chi connectivity index (χ2v) is 6.01. The van der Waals surface area contributed by atoms with Crippen molar-refractivity contribution in [2.24, 2.45) is 0 Å². The number of aromatic nitrogens is 1. The summed E-state index contributed by atoms with van der Waals surface area (Å²) in [6.07, 6.45) is 7.69. The van der Waals surface area contributed by atoms with E-state index in [9.17, 15) is 0 Å². The summed E-state index contributed by atoms with van der Waals surface area (Å²) in [5.41, 5.74) is 2.70. The van der Waals surface area contributed by atoms with Gasteiger partial charge in [-0.2, -0.15) is 0 Å². The molecule has 0 radical (unpaired) electrons. The highest BCUT2D eigenvalue weighted by molar-refractivity contribution is 7.98. The van der Waals surface area contributed by atoms with Gasteiger partial charge in [0.1, 0.15) is 0 Å². The first-order valence-electron chi connectivity index (χ1n) is 7.25. The molecular formula is C17H24N2S. The second-order valence-electron chi connectivity index (χ2n) is 5.13. The van der Waals surface area contributed by atoms with E-state index in [1.54, 1.807) is 11.8 Å². The standard InChI is InChI=1S/C17H24N2S/c1-4-10-19-11-9-15(13-19)12-18-14(2)16-5-7-17(20-3)8-6-16/h5-9,11,13-14,18H,4,10,12H2,1-3H3. The van der Waals surface area contributed by atoms with Crippen LogP contribution >= 0.6 is 11.8 Å². The van der Waals surface area contributed by atoms with Gasteiger partial charge in [-0.25, -0.2) is 0 Å². The average molecular weight is 288 g/mol. The average Bonchev–Trinajstić information content (AvgIpc) is 2.93. The molecule has 3 heteroatoms. The molecule has 0 aliphatic heterocycles. The monoisotopic (exact) mass is 288 g/mol. The van der Waals surface area contributed by atoms with Crippen LogP contribution in [0.1, 0.15) is 37.4 Å². The normalized spacial score (nSPS) is 12.6. The molecule has 2 aromatic rings. The molecule has 1 N–H and O–H groups in total. The zero-order valence-corrected chi connectivity index (χ0v) is 13.4. The quantitative estimate of drug-likeness (QED) is 0.757. The molecule has 0 aliphatic carbocycles. The van der Waals surface area contributed by atoms with Crippen molar-refractivity contribution in [3.05, 3.63) is 53.9 Å². The highest BCUT2D eigenvalue weighted by Gasteiger charge is 2.05. The molecule has 0 aliphatic rings. The number of benzene rings is 1. The lowest BCUT2D eigenvalue weighted by Crippen LogP contribution is -2.17. The van der Waals surface area contributed by atoms with Crippen LogP contribution in [-0.2, 0) is 13.1 Å². The van der Waals surface area contributed by atoms with Crippen molar-refractivity contribution in [2.45, 2.75) is 44.3 Å². The van der Waals surface area contributed by atoms with Crippen LogP contribution in [0.4, 0.5) is 0 Å². The van der Waals surface area contributed by atoms with Crippen molar-refractivity contribution < 1.29 is 0 Å². The van der Waals surface area contributed by atoms with Crippen LogP contribution in [0.15, 0.2) is 47.6 Å². The maximum atomic E-state index is 3.59. The highest BCUT2D eigenvalue weighted by atomic mass is 32.2. The summed E-state index contributed by atoms with van der Waals surface area (Å²) in [5.74, 6) is 0. The van der Waals surface area contributed by atoms with E-state index in [1.807, 2.05) is 0 Å². The summed E-state index contributed by atoms with van der Waals surface area (Å²) in [6.45, 7) is 6.45. The van der Waals surface area contributed by atoms with E-state index < -0.39 is 0 Å². The van der Waals surface area contributed by atoms with Crippen molar-refractivity contribution in [2.75, 3.05) is 6.26 Å². The lowest BCUT2D eigenvalue weighted by atomic mass is 10.1. The summed E-state index contributed by atoms with van der Waals surface area (Å²) in [4.78, 5) is 1.32. The number of aryl methyl sites for hydroxylation is 1. The van der Waals surface area contributed by atoms with Gasteiger partial charge in [0.05, 0.1) is 0 Å². The Hall–Kier alpha value is -1.19. The third kappa shape index (κ3) is 4.15. The van der Waals surface area contributed by atoms with Crippen molar-refractivity contribution >= 4 is 11.8 Å². The van der Waals surface area contributed by atoms with Crippen LogP contribution in [0, 0.1) is 0 Å². The molecule has 2 rings (SSSR count). The molecule has 0 bridgehead atoms.